The summed E-state index contributed by atoms with van der Waals surface area (Å²) in [7, 11) is 0. The van der Waals surface area contributed by atoms with Crippen molar-refractivity contribution in [3.05, 3.63) is 51.5 Å². The van der Waals surface area contributed by atoms with Crippen LogP contribution in [0.1, 0.15) is 55.6 Å². The molecule has 2 rings (SSSR count). The van der Waals surface area contributed by atoms with E-state index in [2.05, 4.69) is 69.6 Å². The van der Waals surface area contributed by atoms with E-state index in [0.717, 1.165) is 12.2 Å². The lowest BCUT2D eigenvalue weighted by molar-refractivity contribution is 0.556. The minimum Gasteiger partial charge on any atom is -0.305 e. The molecule has 0 fully saturated rings. The maximum absolute atomic E-state index is 4.72. The zero-order chi connectivity index (χ0) is 14.8. The van der Waals surface area contributed by atoms with E-state index in [-0.39, 0.29) is 5.41 Å². The Kier molecular flexibility index (Phi) is 4.61. The number of nitrogens with one attached hydrogen (secondary N) is 1. The second-order valence-electron chi connectivity index (χ2n) is 6.41. The highest BCUT2D eigenvalue weighted by Crippen LogP contribution is 2.25. The second kappa shape index (κ2) is 6.06. The van der Waals surface area contributed by atoms with Gasteiger partial charge in [0.1, 0.15) is 0 Å². The minimum absolute atomic E-state index is 0.144. The smallest absolute Gasteiger partial charge is 0.0982 e. The first-order valence-corrected chi connectivity index (χ1v) is 7.99. The van der Waals surface area contributed by atoms with Gasteiger partial charge in [-0.25, -0.2) is 4.98 Å². The number of hydrogen-bond donors (Lipinski definition) is 1. The third kappa shape index (κ3) is 3.90. The predicted molar refractivity (Wildman–Crippen MR) is 87.2 cm³/mol. The summed E-state index contributed by atoms with van der Waals surface area (Å²) in [5.74, 6) is 0. The summed E-state index contributed by atoms with van der Waals surface area (Å²) in [6.45, 7) is 11.8. The van der Waals surface area contributed by atoms with Crippen molar-refractivity contribution in [2.45, 2.75) is 52.6 Å². The van der Waals surface area contributed by atoms with Crippen LogP contribution in [-0.2, 0) is 12.0 Å². The Morgan fingerprint density at radius 3 is 2.40 bits per heavy atom. The third-order valence-corrected chi connectivity index (χ3v) is 4.68. The number of aryl methyl sites for hydroxylation is 1. The summed E-state index contributed by atoms with van der Waals surface area (Å²) in [5.41, 5.74) is 3.90. The number of aromatic nitrogens is 1. The van der Waals surface area contributed by atoms with Crippen LogP contribution in [0.2, 0.25) is 0 Å². The number of hydrogen-bond acceptors (Lipinski definition) is 3. The molecule has 0 saturated carbocycles. The van der Waals surface area contributed by atoms with Gasteiger partial charge in [0.15, 0.2) is 0 Å². The molecule has 0 bridgehead atoms. The largest absolute Gasteiger partial charge is 0.305 e. The molecule has 1 aromatic heterocycles. The lowest BCUT2D eigenvalue weighted by Gasteiger charge is -2.15. The summed E-state index contributed by atoms with van der Waals surface area (Å²) in [5, 5.41) is 6.91. The van der Waals surface area contributed by atoms with E-state index >= 15 is 0 Å². The van der Waals surface area contributed by atoms with E-state index in [1.165, 1.54) is 16.1 Å². The first-order valence-electron chi connectivity index (χ1n) is 7.11. The Labute approximate surface area is 126 Å². The molecule has 20 heavy (non-hydrogen) atoms. The van der Waals surface area contributed by atoms with Crippen LogP contribution in [0.3, 0.4) is 0 Å². The van der Waals surface area contributed by atoms with E-state index in [4.69, 9.17) is 4.98 Å². The number of rotatable bonds is 4. The van der Waals surface area contributed by atoms with Crippen molar-refractivity contribution in [2.75, 3.05) is 0 Å². The molecule has 2 aromatic rings. The van der Waals surface area contributed by atoms with Crippen LogP contribution in [-0.4, -0.2) is 4.98 Å². The summed E-state index contributed by atoms with van der Waals surface area (Å²) >= 11 is 1.75. The van der Waals surface area contributed by atoms with Crippen LogP contribution < -0.4 is 5.32 Å². The van der Waals surface area contributed by atoms with E-state index in [1.807, 2.05) is 0 Å². The van der Waals surface area contributed by atoms with Gasteiger partial charge in [0, 0.05) is 23.4 Å². The van der Waals surface area contributed by atoms with Crippen LogP contribution in [0.25, 0.3) is 0 Å². The fourth-order valence-corrected chi connectivity index (χ4v) is 2.87. The molecular formula is C17H24N2S. The SMILES string of the molecule is Cc1ccc(C(C)NCc2csc(C(C)(C)C)n2)cc1. The molecule has 1 heterocycles. The highest BCUT2D eigenvalue weighted by atomic mass is 32.1. The van der Waals surface area contributed by atoms with Gasteiger partial charge in [-0.15, -0.1) is 11.3 Å². The molecule has 1 atom stereocenters. The van der Waals surface area contributed by atoms with Crippen molar-refractivity contribution in [2.24, 2.45) is 0 Å². The van der Waals surface area contributed by atoms with Crippen molar-refractivity contribution in [1.82, 2.24) is 10.3 Å². The van der Waals surface area contributed by atoms with E-state index in [0.29, 0.717) is 6.04 Å². The van der Waals surface area contributed by atoms with Crippen LogP contribution in [0, 0.1) is 6.92 Å². The fourth-order valence-electron chi connectivity index (χ4n) is 1.96. The van der Waals surface area contributed by atoms with Crippen molar-refractivity contribution in [1.29, 1.82) is 0 Å². The van der Waals surface area contributed by atoms with Crippen LogP contribution in [0.5, 0.6) is 0 Å². The molecule has 1 aromatic carbocycles. The summed E-state index contributed by atoms with van der Waals surface area (Å²) < 4.78 is 0. The Morgan fingerprint density at radius 2 is 1.85 bits per heavy atom. The number of nitrogens with zero attached hydrogens (tertiary/aromatic N) is 1. The molecule has 2 nitrogen and oxygen atoms in total. The lowest BCUT2D eigenvalue weighted by atomic mass is 9.98. The molecule has 0 saturated heterocycles. The Balaban J connectivity index is 1.95. The van der Waals surface area contributed by atoms with E-state index in [9.17, 15) is 0 Å². The summed E-state index contributed by atoms with van der Waals surface area (Å²) in [4.78, 5) is 4.72. The van der Waals surface area contributed by atoms with Gasteiger partial charge < -0.3 is 5.32 Å². The average Bonchev–Trinajstić information content (AvgIpc) is 2.85. The lowest BCUT2D eigenvalue weighted by Crippen LogP contribution is -2.18. The number of benzene rings is 1. The molecule has 0 aliphatic carbocycles. The van der Waals surface area contributed by atoms with Gasteiger partial charge in [0.05, 0.1) is 10.7 Å². The minimum atomic E-state index is 0.144. The fraction of sp³-hybridized carbons (Fsp3) is 0.471. The molecule has 1 unspecified atom stereocenters. The Hall–Kier alpha value is -1.19. The van der Waals surface area contributed by atoms with E-state index in [1.54, 1.807) is 11.3 Å². The monoisotopic (exact) mass is 288 g/mol. The first kappa shape index (κ1) is 15.2. The summed E-state index contributed by atoms with van der Waals surface area (Å²) in [6, 6.07) is 9.04. The van der Waals surface area contributed by atoms with Crippen molar-refractivity contribution in [3.8, 4) is 0 Å². The van der Waals surface area contributed by atoms with Crippen molar-refractivity contribution >= 4 is 11.3 Å². The van der Waals surface area contributed by atoms with Crippen LogP contribution in [0.15, 0.2) is 29.6 Å². The first-order chi connectivity index (χ1) is 9.36. The van der Waals surface area contributed by atoms with Crippen LogP contribution in [0.4, 0.5) is 0 Å². The topological polar surface area (TPSA) is 24.9 Å². The van der Waals surface area contributed by atoms with Gasteiger partial charge >= 0.3 is 0 Å². The molecular weight excluding hydrogens is 264 g/mol. The van der Waals surface area contributed by atoms with Crippen molar-refractivity contribution in [3.63, 3.8) is 0 Å². The van der Waals surface area contributed by atoms with Gasteiger partial charge in [-0.1, -0.05) is 50.6 Å². The van der Waals surface area contributed by atoms with Crippen molar-refractivity contribution < 1.29 is 0 Å². The molecule has 0 amide bonds. The number of thiazole rings is 1. The predicted octanol–water partition coefficient (Wildman–Crippen LogP) is 4.60. The molecule has 0 aliphatic heterocycles. The molecule has 0 radical (unpaired) electrons. The maximum Gasteiger partial charge on any atom is 0.0982 e. The van der Waals surface area contributed by atoms with Gasteiger partial charge in [-0.3, -0.25) is 0 Å². The highest BCUT2D eigenvalue weighted by molar-refractivity contribution is 7.09. The molecule has 3 heteroatoms. The summed E-state index contributed by atoms with van der Waals surface area (Å²) in [6.07, 6.45) is 0. The average molecular weight is 288 g/mol. The molecule has 0 spiro atoms. The van der Waals surface area contributed by atoms with Gasteiger partial charge in [-0.05, 0) is 19.4 Å². The second-order valence-corrected chi connectivity index (χ2v) is 7.27. The van der Waals surface area contributed by atoms with Gasteiger partial charge in [0.2, 0.25) is 0 Å². The maximum atomic E-state index is 4.72. The van der Waals surface area contributed by atoms with E-state index < -0.39 is 0 Å². The normalized spacial score (nSPS) is 13.4. The molecule has 108 valence electrons. The third-order valence-electron chi connectivity index (χ3n) is 3.36. The zero-order valence-corrected chi connectivity index (χ0v) is 13.8. The molecule has 1 N–H and O–H groups in total. The van der Waals surface area contributed by atoms with Gasteiger partial charge in [-0.2, -0.15) is 0 Å². The standard InChI is InChI=1S/C17H24N2S/c1-12-6-8-14(9-7-12)13(2)18-10-15-11-20-16(19-15)17(3,4)5/h6-9,11,13,18H,10H2,1-5H3. The molecule has 0 aliphatic rings. The zero-order valence-electron chi connectivity index (χ0n) is 13.0. The Morgan fingerprint density at radius 1 is 1.20 bits per heavy atom. The van der Waals surface area contributed by atoms with Crippen LogP contribution >= 0.6 is 11.3 Å². The quantitative estimate of drug-likeness (QED) is 0.889. The highest BCUT2D eigenvalue weighted by Gasteiger charge is 2.18. The Bertz CT molecular complexity index is 549. The van der Waals surface area contributed by atoms with Gasteiger partial charge in [0.25, 0.3) is 0 Å².